The van der Waals surface area contributed by atoms with Crippen molar-refractivity contribution in [3.8, 4) is 0 Å². The van der Waals surface area contributed by atoms with Crippen LogP contribution in [0.5, 0.6) is 0 Å². The first-order chi connectivity index (χ1) is 13.1. The summed E-state index contributed by atoms with van der Waals surface area (Å²) in [6, 6.07) is 2.70. The van der Waals surface area contributed by atoms with E-state index in [0.29, 0.717) is 36.7 Å². The minimum Gasteiger partial charge on any atom is -0.378 e. The van der Waals surface area contributed by atoms with E-state index >= 15 is 0 Å². The monoisotopic (exact) mass is 370 g/mol. The zero-order valence-electron chi connectivity index (χ0n) is 15.9. The van der Waals surface area contributed by atoms with Crippen LogP contribution in [-0.2, 0) is 4.74 Å². The van der Waals surface area contributed by atoms with Crippen molar-refractivity contribution in [3.05, 3.63) is 23.8 Å². The fourth-order valence-corrected chi connectivity index (χ4v) is 4.47. The first-order valence-corrected chi connectivity index (χ1v) is 9.95. The van der Waals surface area contributed by atoms with E-state index in [-0.39, 0.29) is 11.8 Å². The topological polar surface area (TPSA) is 75.9 Å². The van der Waals surface area contributed by atoms with Crippen molar-refractivity contribution < 1.29 is 9.53 Å². The molecular weight excluding hydrogens is 344 g/mol. The molecule has 0 radical (unpaired) electrons. The van der Waals surface area contributed by atoms with Crippen molar-refractivity contribution in [2.75, 3.05) is 32.8 Å². The maximum atomic E-state index is 13.2. The van der Waals surface area contributed by atoms with Gasteiger partial charge in [0.2, 0.25) is 0 Å². The van der Waals surface area contributed by atoms with Crippen molar-refractivity contribution >= 4 is 11.7 Å². The van der Waals surface area contributed by atoms with Crippen LogP contribution >= 0.6 is 0 Å². The Morgan fingerprint density at radius 3 is 2.89 bits per heavy atom. The number of aromatic nitrogens is 4. The molecule has 3 fully saturated rings. The summed E-state index contributed by atoms with van der Waals surface area (Å²) in [5.41, 5.74) is 1.41. The van der Waals surface area contributed by atoms with Crippen LogP contribution in [0.4, 0.5) is 0 Å². The number of piperazine rings is 1. The summed E-state index contributed by atoms with van der Waals surface area (Å²) in [5.74, 6) is 1.49. The molecule has 8 heteroatoms. The lowest BCUT2D eigenvalue weighted by molar-refractivity contribution is -0.0816. The summed E-state index contributed by atoms with van der Waals surface area (Å²) in [5, 5.41) is 4.23. The van der Waals surface area contributed by atoms with Crippen molar-refractivity contribution in [1.29, 1.82) is 0 Å². The SMILES string of the molecule is CC(C)c1cc(C(=O)N2CCN3[C@@H](COC[C@@H]3C3CC3)C2)nc2ncnn12. The van der Waals surface area contributed by atoms with Crippen LogP contribution in [0.2, 0.25) is 0 Å². The Hall–Kier alpha value is -2.06. The Balaban J connectivity index is 1.38. The summed E-state index contributed by atoms with van der Waals surface area (Å²) in [4.78, 5) is 26.4. The molecule has 1 aliphatic carbocycles. The molecule has 4 heterocycles. The third-order valence-electron chi connectivity index (χ3n) is 6.10. The smallest absolute Gasteiger partial charge is 0.272 e. The largest absolute Gasteiger partial charge is 0.378 e. The van der Waals surface area contributed by atoms with Gasteiger partial charge in [-0.2, -0.15) is 10.1 Å². The molecule has 27 heavy (non-hydrogen) atoms. The van der Waals surface area contributed by atoms with Gasteiger partial charge in [-0.05, 0) is 30.7 Å². The van der Waals surface area contributed by atoms with Gasteiger partial charge in [0, 0.05) is 25.7 Å². The van der Waals surface area contributed by atoms with Gasteiger partial charge in [0.15, 0.2) is 0 Å². The van der Waals surface area contributed by atoms with Gasteiger partial charge in [0.05, 0.1) is 24.9 Å². The number of hydrogen-bond acceptors (Lipinski definition) is 6. The maximum absolute atomic E-state index is 13.2. The van der Waals surface area contributed by atoms with Crippen LogP contribution in [0.25, 0.3) is 5.78 Å². The molecule has 144 valence electrons. The molecule has 0 N–H and O–H groups in total. The highest BCUT2D eigenvalue weighted by Crippen LogP contribution is 2.38. The minimum atomic E-state index is -0.0180. The maximum Gasteiger partial charge on any atom is 0.272 e. The first kappa shape index (κ1) is 17.1. The Morgan fingerprint density at radius 2 is 2.11 bits per heavy atom. The zero-order valence-corrected chi connectivity index (χ0v) is 15.9. The quantitative estimate of drug-likeness (QED) is 0.808. The third kappa shape index (κ3) is 3.00. The molecule has 2 atom stereocenters. The fourth-order valence-electron chi connectivity index (χ4n) is 4.47. The number of fused-ring (bicyclic) bond motifs is 2. The highest BCUT2D eigenvalue weighted by atomic mass is 16.5. The van der Waals surface area contributed by atoms with E-state index in [2.05, 4.69) is 33.8 Å². The van der Waals surface area contributed by atoms with Gasteiger partial charge in [-0.3, -0.25) is 9.69 Å². The standard InChI is InChI=1S/C19H26N6O2/c1-12(2)16-7-15(22-19-20-11-21-25(16)19)18(26)23-5-6-24-14(8-23)9-27-10-17(24)13-3-4-13/h7,11-14,17H,3-6,8-10H2,1-2H3/t14-,17-/m1/s1. The van der Waals surface area contributed by atoms with Gasteiger partial charge in [-0.1, -0.05) is 13.8 Å². The summed E-state index contributed by atoms with van der Waals surface area (Å²) < 4.78 is 7.58. The number of amides is 1. The van der Waals surface area contributed by atoms with Crippen molar-refractivity contribution in [2.24, 2.45) is 5.92 Å². The second-order valence-electron chi connectivity index (χ2n) is 8.28. The van der Waals surface area contributed by atoms with E-state index in [9.17, 15) is 4.79 Å². The Morgan fingerprint density at radius 1 is 1.26 bits per heavy atom. The van der Waals surface area contributed by atoms with Crippen LogP contribution in [0.1, 0.15) is 48.8 Å². The summed E-state index contributed by atoms with van der Waals surface area (Å²) in [6.07, 6.45) is 4.12. The summed E-state index contributed by atoms with van der Waals surface area (Å²) >= 11 is 0. The molecule has 1 saturated carbocycles. The highest BCUT2D eigenvalue weighted by molar-refractivity contribution is 5.93. The van der Waals surface area contributed by atoms with Crippen LogP contribution in [0.3, 0.4) is 0 Å². The predicted octanol–water partition coefficient (Wildman–Crippen LogP) is 1.18. The summed E-state index contributed by atoms with van der Waals surface area (Å²) in [7, 11) is 0. The zero-order chi connectivity index (χ0) is 18.5. The van der Waals surface area contributed by atoms with Gasteiger partial charge in [-0.15, -0.1) is 0 Å². The Kier molecular flexibility index (Phi) is 4.12. The van der Waals surface area contributed by atoms with E-state index in [1.54, 1.807) is 4.52 Å². The highest BCUT2D eigenvalue weighted by Gasteiger charge is 2.43. The second-order valence-corrected chi connectivity index (χ2v) is 8.28. The van der Waals surface area contributed by atoms with Crippen LogP contribution in [0, 0.1) is 5.92 Å². The molecule has 8 nitrogen and oxygen atoms in total. The van der Waals surface area contributed by atoms with Gasteiger partial charge in [0.1, 0.15) is 12.0 Å². The molecule has 0 spiro atoms. The number of carbonyl (C=O) groups is 1. The molecule has 5 rings (SSSR count). The van der Waals surface area contributed by atoms with Crippen molar-refractivity contribution in [3.63, 3.8) is 0 Å². The van der Waals surface area contributed by atoms with Gasteiger partial charge in [-0.25, -0.2) is 9.50 Å². The number of carbonyl (C=O) groups excluding carboxylic acids is 1. The predicted molar refractivity (Wildman–Crippen MR) is 98.6 cm³/mol. The summed E-state index contributed by atoms with van der Waals surface area (Å²) in [6.45, 7) is 8.10. The van der Waals surface area contributed by atoms with E-state index < -0.39 is 0 Å². The Bertz CT molecular complexity index is 861. The molecular formula is C19H26N6O2. The minimum absolute atomic E-state index is 0.0180. The van der Waals surface area contributed by atoms with Crippen LogP contribution < -0.4 is 0 Å². The number of hydrogen-bond donors (Lipinski definition) is 0. The van der Waals surface area contributed by atoms with Crippen molar-refractivity contribution in [1.82, 2.24) is 29.4 Å². The first-order valence-electron chi connectivity index (χ1n) is 9.95. The molecule has 3 aliphatic rings. The van der Waals surface area contributed by atoms with E-state index in [1.165, 1.54) is 19.2 Å². The van der Waals surface area contributed by atoms with Crippen LogP contribution in [-0.4, -0.2) is 80.2 Å². The van der Waals surface area contributed by atoms with Gasteiger partial charge < -0.3 is 9.64 Å². The molecule has 2 aliphatic heterocycles. The molecule has 1 amide bonds. The lowest BCUT2D eigenvalue weighted by Gasteiger charge is -2.48. The number of ether oxygens (including phenoxy) is 1. The average molecular weight is 370 g/mol. The lowest BCUT2D eigenvalue weighted by atomic mass is 10.0. The Labute approximate surface area is 158 Å². The molecule has 0 unspecified atom stereocenters. The fraction of sp³-hybridized carbons (Fsp3) is 0.684. The van der Waals surface area contributed by atoms with E-state index in [0.717, 1.165) is 31.3 Å². The number of nitrogens with zero attached hydrogens (tertiary/aromatic N) is 6. The van der Waals surface area contributed by atoms with Gasteiger partial charge in [0.25, 0.3) is 11.7 Å². The van der Waals surface area contributed by atoms with E-state index in [1.807, 2.05) is 11.0 Å². The van der Waals surface area contributed by atoms with E-state index in [4.69, 9.17) is 4.74 Å². The van der Waals surface area contributed by atoms with Crippen LogP contribution in [0.15, 0.2) is 12.4 Å². The number of rotatable bonds is 3. The third-order valence-corrected chi connectivity index (χ3v) is 6.10. The molecule has 0 bridgehead atoms. The van der Waals surface area contributed by atoms with Crippen molar-refractivity contribution in [2.45, 2.75) is 44.7 Å². The number of morpholine rings is 1. The molecule has 0 aromatic carbocycles. The molecule has 2 aromatic heterocycles. The second kappa shape index (κ2) is 6.53. The molecule has 2 saturated heterocycles. The average Bonchev–Trinajstić information content (AvgIpc) is 3.42. The van der Waals surface area contributed by atoms with Gasteiger partial charge >= 0.3 is 0 Å². The molecule has 2 aromatic rings. The normalized spacial score (nSPS) is 26.6. The lowest BCUT2D eigenvalue weighted by Crippen LogP contribution is -2.63.